The first-order chi connectivity index (χ1) is 13.3. The second-order valence-electron chi connectivity index (χ2n) is 10.0. The summed E-state index contributed by atoms with van der Waals surface area (Å²) in [5.74, 6) is 0.284. The number of carbonyl (C=O) groups is 3. The first-order valence-electron chi connectivity index (χ1n) is 11.1. The molecule has 1 saturated heterocycles. The summed E-state index contributed by atoms with van der Waals surface area (Å²) in [5, 5.41) is 2.94. The molecule has 29 heavy (non-hydrogen) atoms. The zero-order valence-electron chi connectivity index (χ0n) is 19.8. The topological polar surface area (TPSA) is 75.7 Å². The monoisotopic (exact) mass is 410 g/mol. The molecule has 1 N–H and O–H groups in total. The number of imide groups is 1. The highest BCUT2D eigenvalue weighted by Crippen LogP contribution is 2.34. The van der Waals surface area contributed by atoms with Crippen molar-refractivity contribution < 1.29 is 19.1 Å². The van der Waals surface area contributed by atoms with Crippen molar-refractivity contribution in [1.82, 2.24) is 10.2 Å². The Morgan fingerprint density at radius 2 is 1.79 bits per heavy atom. The van der Waals surface area contributed by atoms with Crippen LogP contribution in [0.5, 0.6) is 0 Å². The molecule has 1 aliphatic rings. The number of nitrogens with one attached hydrogen (secondary N) is 1. The van der Waals surface area contributed by atoms with Crippen molar-refractivity contribution in [3.05, 3.63) is 0 Å². The van der Waals surface area contributed by atoms with Crippen molar-refractivity contribution in [2.75, 3.05) is 13.2 Å². The lowest BCUT2D eigenvalue weighted by atomic mass is 9.93. The molecule has 1 aliphatic heterocycles. The Labute approximate surface area is 177 Å². The van der Waals surface area contributed by atoms with E-state index in [1.807, 2.05) is 34.6 Å². The maximum Gasteiger partial charge on any atom is 0.233 e. The van der Waals surface area contributed by atoms with E-state index in [1.54, 1.807) is 0 Å². The molecular weight excluding hydrogens is 368 g/mol. The van der Waals surface area contributed by atoms with Crippen LogP contribution in [0.15, 0.2) is 0 Å². The number of likely N-dealkylation sites (tertiary alicyclic amines) is 1. The summed E-state index contributed by atoms with van der Waals surface area (Å²) in [7, 11) is 0. The molecule has 1 rings (SSSR count). The van der Waals surface area contributed by atoms with E-state index in [-0.39, 0.29) is 29.6 Å². The van der Waals surface area contributed by atoms with Gasteiger partial charge in [0.1, 0.15) is 0 Å². The molecule has 1 heterocycles. The Hall–Kier alpha value is -1.43. The average molecular weight is 411 g/mol. The summed E-state index contributed by atoms with van der Waals surface area (Å²) >= 11 is 0. The van der Waals surface area contributed by atoms with Crippen molar-refractivity contribution >= 4 is 17.7 Å². The van der Waals surface area contributed by atoms with E-state index >= 15 is 0 Å². The van der Waals surface area contributed by atoms with Gasteiger partial charge in [0.15, 0.2) is 0 Å². The van der Waals surface area contributed by atoms with Gasteiger partial charge in [0.2, 0.25) is 17.7 Å². The standard InChI is InChI=1S/C23H42N2O4/c1-9-23(8,11-10-19(26)24-15-16(2)3)29-13-12-22(6,7)25-20(27)14-18(17(4)5)21(25)28/h16-18H,9-15H2,1-8H3,(H,24,26). The molecule has 0 aromatic rings. The lowest BCUT2D eigenvalue weighted by Crippen LogP contribution is -2.49. The Kier molecular flexibility index (Phi) is 9.32. The molecule has 6 nitrogen and oxygen atoms in total. The highest BCUT2D eigenvalue weighted by atomic mass is 16.5. The maximum absolute atomic E-state index is 12.7. The maximum atomic E-state index is 12.7. The molecule has 3 amide bonds. The number of amides is 3. The van der Waals surface area contributed by atoms with Gasteiger partial charge in [0, 0.05) is 37.5 Å². The van der Waals surface area contributed by atoms with E-state index in [4.69, 9.17) is 4.74 Å². The smallest absolute Gasteiger partial charge is 0.233 e. The zero-order valence-corrected chi connectivity index (χ0v) is 19.8. The van der Waals surface area contributed by atoms with Crippen molar-refractivity contribution in [1.29, 1.82) is 0 Å². The lowest BCUT2D eigenvalue weighted by Gasteiger charge is -2.36. The van der Waals surface area contributed by atoms with Gasteiger partial charge >= 0.3 is 0 Å². The number of rotatable bonds is 12. The summed E-state index contributed by atoms with van der Waals surface area (Å²) < 4.78 is 6.17. The number of carbonyl (C=O) groups excluding carboxylic acids is 3. The van der Waals surface area contributed by atoms with Crippen LogP contribution in [0.25, 0.3) is 0 Å². The van der Waals surface area contributed by atoms with Crippen LogP contribution >= 0.6 is 0 Å². The van der Waals surface area contributed by atoms with E-state index in [1.165, 1.54) is 4.90 Å². The number of nitrogens with zero attached hydrogens (tertiary/aromatic N) is 1. The largest absolute Gasteiger partial charge is 0.375 e. The van der Waals surface area contributed by atoms with Crippen molar-refractivity contribution in [3.63, 3.8) is 0 Å². The first-order valence-corrected chi connectivity index (χ1v) is 11.1. The van der Waals surface area contributed by atoms with Gasteiger partial charge in [0.05, 0.1) is 5.60 Å². The van der Waals surface area contributed by atoms with Crippen LogP contribution in [0.2, 0.25) is 0 Å². The highest BCUT2D eigenvalue weighted by molar-refractivity contribution is 6.04. The minimum Gasteiger partial charge on any atom is -0.375 e. The Balaban J connectivity index is 2.58. The van der Waals surface area contributed by atoms with E-state index < -0.39 is 11.1 Å². The second kappa shape index (κ2) is 10.6. The Morgan fingerprint density at radius 1 is 1.17 bits per heavy atom. The third-order valence-electron chi connectivity index (χ3n) is 6.09. The molecule has 0 radical (unpaired) electrons. The van der Waals surface area contributed by atoms with Gasteiger partial charge in [-0.15, -0.1) is 0 Å². The van der Waals surface area contributed by atoms with Gasteiger partial charge in [-0.3, -0.25) is 19.3 Å². The van der Waals surface area contributed by atoms with E-state index in [2.05, 4.69) is 26.1 Å². The summed E-state index contributed by atoms with van der Waals surface area (Å²) in [6.45, 7) is 17.2. The fourth-order valence-electron chi connectivity index (χ4n) is 3.61. The minimum atomic E-state index is -0.582. The average Bonchev–Trinajstić information content (AvgIpc) is 2.93. The van der Waals surface area contributed by atoms with Crippen LogP contribution in [-0.4, -0.2) is 46.9 Å². The van der Waals surface area contributed by atoms with Gasteiger partial charge in [-0.2, -0.15) is 0 Å². The molecular formula is C23H42N2O4. The summed E-state index contributed by atoms with van der Waals surface area (Å²) in [5.41, 5.74) is -0.980. The Bertz CT molecular complexity index is 585. The summed E-state index contributed by atoms with van der Waals surface area (Å²) in [6.07, 6.45) is 2.75. The molecule has 1 fully saturated rings. The van der Waals surface area contributed by atoms with Crippen LogP contribution in [0.3, 0.4) is 0 Å². The molecule has 0 saturated carbocycles. The summed E-state index contributed by atoms with van der Waals surface area (Å²) in [4.78, 5) is 38.7. The van der Waals surface area contributed by atoms with Gasteiger partial charge in [-0.05, 0) is 51.9 Å². The predicted octanol–water partition coefficient (Wildman–Crippen LogP) is 3.92. The van der Waals surface area contributed by atoms with E-state index in [9.17, 15) is 14.4 Å². The lowest BCUT2D eigenvalue weighted by molar-refractivity contribution is -0.147. The van der Waals surface area contributed by atoms with Crippen LogP contribution in [-0.2, 0) is 19.1 Å². The van der Waals surface area contributed by atoms with Crippen molar-refractivity contribution in [2.45, 2.75) is 98.6 Å². The predicted molar refractivity (Wildman–Crippen MR) is 115 cm³/mol. The van der Waals surface area contributed by atoms with Gasteiger partial charge in [-0.25, -0.2) is 0 Å². The second-order valence-corrected chi connectivity index (χ2v) is 10.0. The minimum absolute atomic E-state index is 0.0512. The van der Waals surface area contributed by atoms with Crippen LogP contribution in [0.1, 0.15) is 87.5 Å². The molecule has 0 bridgehead atoms. The fraction of sp³-hybridized carbons (Fsp3) is 0.870. The fourth-order valence-corrected chi connectivity index (χ4v) is 3.61. The van der Waals surface area contributed by atoms with Crippen LogP contribution in [0, 0.1) is 17.8 Å². The quantitative estimate of drug-likeness (QED) is 0.495. The summed E-state index contributed by atoms with van der Waals surface area (Å²) in [6, 6.07) is 0. The zero-order chi connectivity index (χ0) is 22.4. The normalized spacial score (nSPS) is 19.9. The number of hydrogen-bond acceptors (Lipinski definition) is 4. The van der Waals surface area contributed by atoms with Crippen molar-refractivity contribution in [3.8, 4) is 0 Å². The van der Waals surface area contributed by atoms with E-state index in [0.29, 0.717) is 44.8 Å². The molecule has 0 aromatic carbocycles. The SMILES string of the molecule is CCC(C)(CCC(=O)NCC(C)C)OCCC(C)(C)N1C(=O)CC(C(C)C)C1=O. The molecule has 2 unspecified atom stereocenters. The highest BCUT2D eigenvalue weighted by Gasteiger charge is 2.46. The van der Waals surface area contributed by atoms with Crippen LogP contribution in [0.4, 0.5) is 0 Å². The third kappa shape index (κ3) is 7.40. The Morgan fingerprint density at radius 3 is 2.28 bits per heavy atom. The molecule has 0 aromatic heterocycles. The number of ether oxygens (including phenoxy) is 1. The van der Waals surface area contributed by atoms with Gasteiger partial charge < -0.3 is 10.1 Å². The van der Waals surface area contributed by atoms with Gasteiger partial charge in [0.25, 0.3) is 0 Å². The molecule has 2 atom stereocenters. The molecule has 0 aliphatic carbocycles. The number of hydrogen-bond donors (Lipinski definition) is 1. The van der Waals surface area contributed by atoms with E-state index in [0.717, 1.165) is 6.42 Å². The van der Waals surface area contributed by atoms with Gasteiger partial charge in [-0.1, -0.05) is 34.6 Å². The molecule has 6 heteroatoms. The van der Waals surface area contributed by atoms with Crippen LogP contribution < -0.4 is 5.32 Å². The third-order valence-corrected chi connectivity index (χ3v) is 6.09. The van der Waals surface area contributed by atoms with Crippen molar-refractivity contribution in [2.24, 2.45) is 17.8 Å². The first kappa shape index (κ1) is 25.6. The molecule has 0 spiro atoms. The molecule has 168 valence electrons.